The van der Waals surface area contributed by atoms with E-state index in [2.05, 4.69) is 25.8 Å². The van der Waals surface area contributed by atoms with Gasteiger partial charge in [-0.1, -0.05) is 20.8 Å². The van der Waals surface area contributed by atoms with Crippen LogP contribution in [0.15, 0.2) is 6.20 Å². The van der Waals surface area contributed by atoms with E-state index in [0.717, 1.165) is 19.3 Å². The van der Waals surface area contributed by atoms with Gasteiger partial charge in [0, 0.05) is 17.0 Å². The largest absolute Gasteiger partial charge is 0.469 e. The average molecular weight is 267 g/mol. The zero-order valence-electron chi connectivity index (χ0n) is 11.5. The van der Waals surface area contributed by atoms with Crippen LogP contribution in [0.25, 0.3) is 0 Å². The number of esters is 1. The molecule has 0 aromatic carbocycles. The van der Waals surface area contributed by atoms with Crippen molar-refractivity contribution >= 4 is 17.3 Å². The van der Waals surface area contributed by atoms with E-state index < -0.39 is 0 Å². The molecule has 0 aliphatic heterocycles. The van der Waals surface area contributed by atoms with Gasteiger partial charge in [-0.2, -0.15) is 0 Å². The second kappa shape index (κ2) is 5.00. The predicted octanol–water partition coefficient (Wildman–Crippen LogP) is 3.50. The Kier molecular flexibility index (Phi) is 3.76. The number of nitrogens with zero attached hydrogens (tertiary/aromatic N) is 1. The number of carbonyl (C=O) groups is 1. The summed E-state index contributed by atoms with van der Waals surface area (Å²) in [4.78, 5) is 17.4. The number of hydrogen-bond donors (Lipinski definition) is 0. The Morgan fingerprint density at radius 3 is 2.72 bits per heavy atom. The number of carbonyl (C=O) groups excluding carboxylic acids is 1. The maximum absolute atomic E-state index is 11.5. The highest BCUT2D eigenvalue weighted by molar-refractivity contribution is 7.11. The molecule has 2 rings (SSSR count). The first kappa shape index (κ1) is 13.5. The molecule has 1 fully saturated rings. The standard InChI is InChI=1S/C14H21NO2S/c1-14(2,3)11-8-15-12(18-11)9-5-6-10(7-9)13(16)17-4/h8-10H,5-7H2,1-4H3/t9-,10+/m1/s1. The predicted molar refractivity (Wildman–Crippen MR) is 72.9 cm³/mol. The molecule has 0 amide bonds. The molecule has 0 saturated heterocycles. The van der Waals surface area contributed by atoms with Crippen LogP contribution in [0.2, 0.25) is 0 Å². The van der Waals surface area contributed by atoms with Gasteiger partial charge < -0.3 is 4.74 Å². The van der Waals surface area contributed by atoms with Crippen molar-refractivity contribution in [1.82, 2.24) is 4.98 Å². The highest BCUT2D eigenvalue weighted by Gasteiger charge is 2.33. The third kappa shape index (κ3) is 2.74. The normalized spacial score (nSPS) is 24.2. The van der Waals surface area contributed by atoms with Gasteiger partial charge in [-0.15, -0.1) is 11.3 Å². The van der Waals surface area contributed by atoms with E-state index in [1.165, 1.54) is 17.0 Å². The molecule has 0 N–H and O–H groups in total. The molecule has 0 bridgehead atoms. The lowest BCUT2D eigenvalue weighted by Gasteiger charge is -2.14. The Labute approximate surface area is 113 Å². The molecule has 1 aliphatic carbocycles. The molecule has 0 radical (unpaired) electrons. The van der Waals surface area contributed by atoms with Crippen LogP contribution in [-0.2, 0) is 14.9 Å². The van der Waals surface area contributed by atoms with Gasteiger partial charge in [0.1, 0.15) is 0 Å². The van der Waals surface area contributed by atoms with Crippen LogP contribution in [0.5, 0.6) is 0 Å². The maximum Gasteiger partial charge on any atom is 0.308 e. The average Bonchev–Trinajstić information content (AvgIpc) is 2.94. The lowest BCUT2D eigenvalue weighted by molar-refractivity contribution is -0.145. The molecule has 0 unspecified atom stereocenters. The number of rotatable bonds is 2. The second-order valence-electron chi connectivity index (χ2n) is 6.04. The highest BCUT2D eigenvalue weighted by Crippen LogP contribution is 2.41. The van der Waals surface area contributed by atoms with Crippen LogP contribution in [0.3, 0.4) is 0 Å². The fourth-order valence-corrected chi connectivity index (χ4v) is 3.53. The second-order valence-corrected chi connectivity index (χ2v) is 7.11. The number of ether oxygens (including phenoxy) is 1. The maximum atomic E-state index is 11.5. The van der Waals surface area contributed by atoms with Gasteiger partial charge in [0.15, 0.2) is 0 Å². The molecule has 4 heteroatoms. The zero-order chi connectivity index (χ0) is 13.3. The van der Waals surface area contributed by atoms with Crippen molar-refractivity contribution in [3.63, 3.8) is 0 Å². The van der Waals surface area contributed by atoms with Gasteiger partial charge in [-0.3, -0.25) is 4.79 Å². The van der Waals surface area contributed by atoms with Crippen LogP contribution in [0.1, 0.15) is 55.8 Å². The summed E-state index contributed by atoms with van der Waals surface area (Å²) in [6, 6.07) is 0. The lowest BCUT2D eigenvalue weighted by Crippen LogP contribution is -2.12. The molecule has 3 nitrogen and oxygen atoms in total. The number of aromatic nitrogens is 1. The van der Waals surface area contributed by atoms with E-state index >= 15 is 0 Å². The molecule has 1 aliphatic rings. The molecular weight excluding hydrogens is 246 g/mol. The molecule has 1 heterocycles. The lowest BCUT2D eigenvalue weighted by atomic mass is 9.96. The molecule has 1 aromatic heterocycles. The van der Waals surface area contributed by atoms with Gasteiger partial charge in [-0.05, 0) is 24.7 Å². The first-order valence-corrected chi connectivity index (χ1v) is 7.27. The van der Waals surface area contributed by atoms with Crippen molar-refractivity contribution in [2.45, 2.75) is 51.4 Å². The fourth-order valence-electron chi connectivity index (χ4n) is 2.41. The topological polar surface area (TPSA) is 39.2 Å². The highest BCUT2D eigenvalue weighted by atomic mass is 32.1. The molecule has 2 atom stereocenters. The Balaban J connectivity index is 2.06. The summed E-state index contributed by atoms with van der Waals surface area (Å²) in [5.41, 5.74) is 0.163. The number of thiazole rings is 1. The molecule has 0 spiro atoms. The summed E-state index contributed by atoms with van der Waals surface area (Å²) in [6.07, 6.45) is 4.87. The first-order valence-electron chi connectivity index (χ1n) is 6.46. The zero-order valence-corrected chi connectivity index (χ0v) is 12.3. The van der Waals surface area contributed by atoms with Crippen molar-refractivity contribution in [2.24, 2.45) is 5.92 Å². The van der Waals surface area contributed by atoms with Crippen LogP contribution in [0, 0.1) is 5.92 Å². The monoisotopic (exact) mass is 267 g/mol. The van der Waals surface area contributed by atoms with E-state index in [1.54, 1.807) is 11.3 Å². The van der Waals surface area contributed by atoms with E-state index in [1.807, 2.05) is 6.20 Å². The molecule has 100 valence electrons. The summed E-state index contributed by atoms with van der Waals surface area (Å²) in [6.45, 7) is 6.61. The van der Waals surface area contributed by atoms with Crippen molar-refractivity contribution in [3.8, 4) is 0 Å². The van der Waals surface area contributed by atoms with E-state index in [0.29, 0.717) is 5.92 Å². The minimum Gasteiger partial charge on any atom is -0.469 e. The van der Waals surface area contributed by atoms with E-state index in [4.69, 9.17) is 4.74 Å². The van der Waals surface area contributed by atoms with Gasteiger partial charge in [0.05, 0.1) is 18.0 Å². The summed E-state index contributed by atoms with van der Waals surface area (Å²) >= 11 is 1.80. The van der Waals surface area contributed by atoms with Crippen LogP contribution >= 0.6 is 11.3 Å². The molecule has 18 heavy (non-hydrogen) atoms. The third-order valence-electron chi connectivity index (χ3n) is 3.58. The van der Waals surface area contributed by atoms with Gasteiger partial charge >= 0.3 is 5.97 Å². The van der Waals surface area contributed by atoms with Crippen molar-refractivity contribution in [2.75, 3.05) is 7.11 Å². The van der Waals surface area contributed by atoms with Gasteiger partial charge in [-0.25, -0.2) is 4.98 Å². The van der Waals surface area contributed by atoms with Crippen molar-refractivity contribution in [1.29, 1.82) is 0 Å². The Bertz CT molecular complexity index is 433. The van der Waals surface area contributed by atoms with Crippen LogP contribution in [0.4, 0.5) is 0 Å². The summed E-state index contributed by atoms with van der Waals surface area (Å²) in [7, 11) is 1.47. The first-order chi connectivity index (χ1) is 8.41. The van der Waals surface area contributed by atoms with Crippen LogP contribution in [-0.4, -0.2) is 18.1 Å². The van der Waals surface area contributed by atoms with Crippen molar-refractivity contribution < 1.29 is 9.53 Å². The Morgan fingerprint density at radius 2 is 2.17 bits per heavy atom. The van der Waals surface area contributed by atoms with Gasteiger partial charge in [0.25, 0.3) is 0 Å². The minimum atomic E-state index is -0.0647. The fraction of sp³-hybridized carbons (Fsp3) is 0.714. The third-order valence-corrected chi connectivity index (χ3v) is 5.16. The Hall–Kier alpha value is -0.900. The molecular formula is C14H21NO2S. The molecule has 1 saturated carbocycles. The Morgan fingerprint density at radius 1 is 1.44 bits per heavy atom. The SMILES string of the molecule is COC(=O)[C@H]1CC[C@@H](c2ncc(C(C)(C)C)s2)C1. The summed E-state index contributed by atoms with van der Waals surface area (Å²) in [5.74, 6) is 0.447. The smallest absolute Gasteiger partial charge is 0.308 e. The van der Waals surface area contributed by atoms with Gasteiger partial charge in [0.2, 0.25) is 0 Å². The van der Waals surface area contributed by atoms with Crippen LogP contribution < -0.4 is 0 Å². The molecule has 1 aromatic rings. The summed E-state index contributed by atoms with van der Waals surface area (Å²) in [5, 5.41) is 1.19. The van der Waals surface area contributed by atoms with Crippen molar-refractivity contribution in [3.05, 3.63) is 16.1 Å². The number of methoxy groups -OCH3 is 1. The minimum absolute atomic E-state index is 0.0647. The summed E-state index contributed by atoms with van der Waals surface area (Å²) < 4.78 is 4.82. The van der Waals surface area contributed by atoms with E-state index in [-0.39, 0.29) is 17.3 Å². The van der Waals surface area contributed by atoms with E-state index in [9.17, 15) is 4.79 Å². The number of hydrogen-bond acceptors (Lipinski definition) is 4. The quantitative estimate of drug-likeness (QED) is 0.770.